The zero-order chi connectivity index (χ0) is 24.1. The van der Waals surface area contributed by atoms with Crippen molar-refractivity contribution in [3.8, 4) is 0 Å². The first-order valence-electron chi connectivity index (χ1n) is 11.1. The van der Waals surface area contributed by atoms with Gasteiger partial charge in [0.1, 0.15) is 6.54 Å². The molecule has 0 radical (unpaired) electrons. The first kappa shape index (κ1) is 24.2. The maximum absolute atomic E-state index is 12.8. The molecule has 2 fully saturated rings. The fourth-order valence-electron chi connectivity index (χ4n) is 3.87. The quantitative estimate of drug-likeness (QED) is 0.590. The normalized spacial score (nSPS) is 18.1. The van der Waals surface area contributed by atoms with E-state index >= 15 is 0 Å². The number of piperazine rings is 1. The summed E-state index contributed by atoms with van der Waals surface area (Å²) in [7, 11) is 0. The Labute approximate surface area is 206 Å². The highest BCUT2D eigenvalue weighted by Gasteiger charge is 2.37. The van der Waals surface area contributed by atoms with Crippen molar-refractivity contribution in [1.82, 2.24) is 14.7 Å². The average Bonchev–Trinajstić information content (AvgIpc) is 3.43. The number of rotatable bonds is 7. The predicted octanol–water partition coefficient (Wildman–Crippen LogP) is 3.13. The molecule has 2 saturated heterocycles. The third-order valence-corrected chi connectivity index (χ3v) is 7.47. The van der Waals surface area contributed by atoms with Gasteiger partial charge in [-0.15, -0.1) is 11.3 Å². The highest BCUT2D eigenvalue weighted by atomic mass is 32.2. The number of aryl methyl sites for hydroxylation is 1. The molecule has 8 nitrogen and oxygen atoms in total. The van der Waals surface area contributed by atoms with Gasteiger partial charge in [0.05, 0.1) is 11.4 Å². The summed E-state index contributed by atoms with van der Waals surface area (Å²) in [5.41, 5.74) is 1.91. The van der Waals surface area contributed by atoms with E-state index in [0.717, 1.165) is 39.2 Å². The number of carbonyl (C=O) groups excluding carboxylic acids is 4. The Morgan fingerprint density at radius 2 is 1.79 bits per heavy atom. The zero-order valence-corrected chi connectivity index (χ0v) is 20.5. The Balaban J connectivity index is 1.25. The minimum atomic E-state index is -0.431. The van der Waals surface area contributed by atoms with Crippen molar-refractivity contribution in [2.45, 2.75) is 13.3 Å². The van der Waals surface area contributed by atoms with Crippen molar-refractivity contribution in [3.05, 3.63) is 57.1 Å². The molecule has 0 saturated carbocycles. The second kappa shape index (κ2) is 11.0. The molecule has 10 heteroatoms. The number of amides is 4. The first-order chi connectivity index (χ1) is 16.4. The Morgan fingerprint density at radius 1 is 1.03 bits per heavy atom. The minimum absolute atomic E-state index is 0.0870. The van der Waals surface area contributed by atoms with Gasteiger partial charge in [-0.05, 0) is 47.3 Å². The molecule has 0 bridgehead atoms. The monoisotopic (exact) mass is 498 g/mol. The number of nitrogens with one attached hydrogen (secondary N) is 1. The fourth-order valence-corrected chi connectivity index (χ4v) is 5.43. The summed E-state index contributed by atoms with van der Waals surface area (Å²) in [5.74, 6) is -0.781. The summed E-state index contributed by atoms with van der Waals surface area (Å²) in [6.07, 6.45) is 2.52. The lowest BCUT2D eigenvalue weighted by molar-refractivity contribution is -0.137. The fraction of sp³-hybridized carbons (Fsp3) is 0.333. The number of hydrogen-bond acceptors (Lipinski definition) is 7. The molecule has 2 aromatic rings. The lowest BCUT2D eigenvalue weighted by Crippen LogP contribution is -2.52. The van der Waals surface area contributed by atoms with Gasteiger partial charge in [0.2, 0.25) is 11.8 Å². The van der Waals surface area contributed by atoms with Gasteiger partial charge in [-0.3, -0.25) is 29.0 Å². The van der Waals surface area contributed by atoms with E-state index in [0.29, 0.717) is 31.1 Å². The van der Waals surface area contributed by atoms with E-state index in [1.54, 1.807) is 11.0 Å². The first-order valence-corrected chi connectivity index (χ1v) is 12.8. The molecule has 34 heavy (non-hydrogen) atoms. The predicted molar refractivity (Wildman–Crippen MR) is 134 cm³/mol. The van der Waals surface area contributed by atoms with E-state index in [9.17, 15) is 19.2 Å². The second-order valence-corrected chi connectivity index (χ2v) is 9.97. The van der Waals surface area contributed by atoms with Gasteiger partial charge in [-0.25, -0.2) is 0 Å². The SMILES string of the molecule is CCc1ccccc1NC(=O)CN1CCN(C(=O)CN2C(=O)S/C(=C\c3cccs3)C2=O)CC1. The van der Waals surface area contributed by atoms with E-state index in [1.165, 1.54) is 11.3 Å². The van der Waals surface area contributed by atoms with Crippen molar-refractivity contribution in [2.24, 2.45) is 0 Å². The van der Waals surface area contributed by atoms with Crippen LogP contribution in [0, 0.1) is 0 Å². The summed E-state index contributed by atoms with van der Waals surface area (Å²) >= 11 is 2.34. The third kappa shape index (κ3) is 5.75. The van der Waals surface area contributed by atoms with E-state index in [-0.39, 0.29) is 24.9 Å². The molecule has 2 aliphatic heterocycles. The van der Waals surface area contributed by atoms with Crippen molar-refractivity contribution in [1.29, 1.82) is 0 Å². The van der Waals surface area contributed by atoms with Gasteiger partial charge >= 0.3 is 0 Å². The molecule has 0 aliphatic carbocycles. The van der Waals surface area contributed by atoms with Crippen molar-refractivity contribution >= 4 is 57.8 Å². The molecular weight excluding hydrogens is 472 g/mol. The van der Waals surface area contributed by atoms with E-state index < -0.39 is 11.1 Å². The Morgan fingerprint density at radius 3 is 2.50 bits per heavy atom. The molecule has 4 amide bonds. The minimum Gasteiger partial charge on any atom is -0.339 e. The van der Waals surface area contributed by atoms with Crippen molar-refractivity contribution < 1.29 is 19.2 Å². The summed E-state index contributed by atoms with van der Waals surface area (Å²) in [6.45, 7) is 4.02. The van der Waals surface area contributed by atoms with Crippen LogP contribution in [0.4, 0.5) is 10.5 Å². The van der Waals surface area contributed by atoms with Gasteiger partial charge in [0.15, 0.2) is 0 Å². The van der Waals surface area contributed by atoms with Crippen LogP contribution in [0.3, 0.4) is 0 Å². The standard InChI is InChI=1S/C24H26N4O4S2/c1-2-17-6-3-4-8-19(17)25-21(29)15-26-9-11-27(12-10-26)22(30)16-28-23(31)20(34-24(28)32)14-18-7-5-13-33-18/h3-8,13-14H,2,9-12,15-16H2,1H3,(H,25,29)/b20-14-. The Hall–Kier alpha value is -2.95. The lowest BCUT2D eigenvalue weighted by Gasteiger charge is -2.34. The molecule has 0 atom stereocenters. The number of hydrogen-bond donors (Lipinski definition) is 1. The largest absolute Gasteiger partial charge is 0.339 e. The van der Waals surface area contributed by atoms with Gasteiger partial charge < -0.3 is 10.2 Å². The van der Waals surface area contributed by atoms with Gasteiger partial charge in [0, 0.05) is 36.7 Å². The van der Waals surface area contributed by atoms with Crippen LogP contribution < -0.4 is 5.32 Å². The van der Waals surface area contributed by atoms with Crippen LogP contribution in [0.5, 0.6) is 0 Å². The molecule has 3 heterocycles. The summed E-state index contributed by atoms with van der Waals surface area (Å²) < 4.78 is 0. The van der Waals surface area contributed by atoms with Crippen LogP contribution in [0.1, 0.15) is 17.4 Å². The van der Waals surface area contributed by atoms with E-state index in [4.69, 9.17) is 0 Å². The number of anilines is 1. The number of carbonyl (C=O) groups is 4. The molecule has 1 aromatic heterocycles. The molecule has 2 aliphatic rings. The van der Waals surface area contributed by atoms with Crippen molar-refractivity contribution in [2.75, 3.05) is 44.6 Å². The lowest BCUT2D eigenvalue weighted by atomic mass is 10.1. The summed E-state index contributed by atoms with van der Waals surface area (Å²) in [4.78, 5) is 56.1. The number of thioether (sulfide) groups is 1. The van der Waals surface area contributed by atoms with Gasteiger partial charge in [0.25, 0.3) is 11.1 Å². The summed E-state index contributed by atoms with van der Waals surface area (Å²) in [5, 5.41) is 4.44. The zero-order valence-electron chi connectivity index (χ0n) is 18.9. The van der Waals surface area contributed by atoms with Crippen LogP contribution in [0.15, 0.2) is 46.7 Å². The van der Waals surface area contributed by atoms with E-state index in [1.807, 2.05) is 53.6 Å². The Kier molecular flexibility index (Phi) is 7.81. The van der Waals surface area contributed by atoms with Crippen LogP contribution in [-0.2, 0) is 20.8 Å². The van der Waals surface area contributed by atoms with Crippen LogP contribution >= 0.6 is 23.1 Å². The van der Waals surface area contributed by atoms with Crippen LogP contribution in [-0.4, -0.2) is 76.9 Å². The second-order valence-electron chi connectivity index (χ2n) is 8.00. The molecule has 4 rings (SSSR count). The van der Waals surface area contributed by atoms with Crippen LogP contribution in [0.2, 0.25) is 0 Å². The average molecular weight is 499 g/mol. The number of nitrogens with zero attached hydrogens (tertiary/aromatic N) is 3. The van der Waals surface area contributed by atoms with Gasteiger partial charge in [-0.1, -0.05) is 31.2 Å². The molecule has 1 aromatic carbocycles. The highest BCUT2D eigenvalue weighted by Crippen LogP contribution is 2.32. The smallest absolute Gasteiger partial charge is 0.294 e. The maximum Gasteiger partial charge on any atom is 0.294 e. The molecular formula is C24H26N4O4S2. The summed E-state index contributed by atoms with van der Waals surface area (Å²) in [6, 6.07) is 11.5. The topological polar surface area (TPSA) is 90.0 Å². The highest BCUT2D eigenvalue weighted by molar-refractivity contribution is 8.18. The third-order valence-electron chi connectivity index (χ3n) is 5.75. The van der Waals surface area contributed by atoms with Crippen LogP contribution in [0.25, 0.3) is 6.08 Å². The number of para-hydroxylation sites is 1. The van der Waals surface area contributed by atoms with Gasteiger partial charge in [-0.2, -0.15) is 0 Å². The number of benzene rings is 1. The van der Waals surface area contributed by atoms with E-state index in [2.05, 4.69) is 5.32 Å². The molecule has 178 valence electrons. The molecule has 1 N–H and O–H groups in total. The molecule has 0 unspecified atom stereocenters. The Bertz CT molecular complexity index is 1110. The number of imide groups is 1. The van der Waals surface area contributed by atoms with Crippen molar-refractivity contribution in [3.63, 3.8) is 0 Å². The maximum atomic E-state index is 12.8. The number of thiophene rings is 1. The molecule has 0 spiro atoms.